The molecule has 0 saturated heterocycles. The minimum Gasteiger partial charge on any atom is -0.481 e. The Labute approximate surface area is 199 Å². The summed E-state index contributed by atoms with van der Waals surface area (Å²) in [6.45, 7) is 1.14. The quantitative estimate of drug-likeness (QED) is 0.0920. The zero-order chi connectivity index (χ0) is 27.3. The lowest BCUT2D eigenvalue weighted by Crippen LogP contribution is -2.59. The number of aliphatic hydroxyl groups is 1. The summed E-state index contributed by atoms with van der Waals surface area (Å²) in [5.74, 6) is -8.07. The van der Waals surface area contributed by atoms with E-state index in [1.165, 1.54) is 0 Å². The van der Waals surface area contributed by atoms with Crippen molar-refractivity contribution in [2.45, 2.75) is 75.7 Å². The molecule has 0 aromatic carbocycles. The predicted octanol–water partition coefficient (Wildman–Crippen LogP) is -3.77. The molecule has 11 N–H and O–H groups in total. The summed E-state index contributed by atoms with van der Waals surface area (Å²) in [5.41, 5.74) is 10.6. The maximum Gasteiger partial charge on any atom is 0.326 e. The van der Waals surface area contributed by atoms with Crippen molar-refractivity contribution >= 4 is 41.5 Å². The first-order valence-corrected chi connectivity index (χ1v) is 10.4. The van der Waals surface area contributed by atoms with Gasteiger partial charge < -0.3 is 47.8 Å². The number of amides is 4. The number of primary amides is 1. The molecule has 0 aliphatic carbocycles. The van der Waals surface area contributed by atoms with E-state index in [0.29, 0.717) is 0 Å². The first-order valence-electron chi connectivity index (χ1n) is 10.4. The van der Waals surface area contributed by atoms with E-state index in [9.17, 15) is 43.8 Å². The van der Waals surface area contributed by atoms with Crippen LogP contribution in [0.25, 0.3) is 0 Å². The van der Waals surface area contributed by atoms with Crippen molar-refractivity contribution in [1.82, 2.24) is 16.0 Å². The number of hydrogen-bond donors (Lipinski definition) is 9. The molecular weight excluding hydrogens is 474 g/mol. The summed E-state index contributed by atoms with van der Waals surface area (Å²) < 4.78 is 0. The minimum absolute atomic E-state index is 0.147. The Morgan fingerprint density at radius 2 is 1.20 bits per heavy atom. The van der Waals surface area contributed by atoms with Crippen LogP contribution in [0.4, 0.5) is 0 Å². The van der Waals surface area contributed by atoms with Gasteiger partial charge in [0.1, 0.15) is 18.1 Å². The van der Waals surface area contributed by atoms with Crippen molar-refractivity contribution in [3.05, 3.63) is 0 Å². The molecule has 0 bridgehead atoms. The maximum atomic E-state index is 12.7. The van der Waals surface area contributed by atoms with Crippen molar-refractivity contribution in [3.63, 3.8) is 0 Å². The Morgan fingerprint density at radius 1 is 0.714 bits per heavy atom. The first-order chi connectivity index (χ1) is 16.1. The molecule has 16 heteroatoms. The monoisotopic (exact) mass is 505 g/mol. The van der Waals surface area contributed by atoms with Gasteiger partial charge in [-0.1, -0.05) is 0 Å². The highest BCUT2D eigenvalue weighted by Gasteiger charge is 2.32. The number of rotatable bonds is 17. The summed E-state index contributed by atoms with van der Waals surface area (Å²) in [6.07, 6.45) is -4.05. The molecule has 5 atom stereocenters. The van der Waals surface area contributed by atoms with Gasteiger partial charge in [-0.05, 0) is 26.2 Å². The number of hydrogen-bond acceptors (Lipinski definition) is 9. The van der Waals surface area contributed by atoms with E-state index in [1.807, 2.05) is 5.32 Å². The molecule has 0 fully saturated rings. The number of carboxylic acids is 3. The lowest BCUT2D eigenvalue weighted by molar-refractivity contribution is -0.144. The van der Waals surface area contributed by atoms with E-state index < -0.39 is 97.5 Å². The van der Waals surface area contributed by atoms with Crippen LogP contribution in [0, 0.1) is 0 Å². The normalized spacial score (nSPS) is 14.9. The fraction of sp³-hybridized carbons (Fsp3) is 0.632. The molecule has 16 nitrogen and oxygen atoms in total. The van der Waals surface area contributed by atoms with Crippen molar-refractivity contribution in [2.24, 2.45) is 11.5 Å². The summed E-state index contributed by atoms with van der Waals surface area (Å²) in [5, 5.41) is 43.1. The van der Waals surface area contributed by atoms with Gasteiger partial charge in [0.25, 0.3) is 0 Å². The molecule has 0 spiro atoms. The zero-order valence-corrected chi connectivity index (χ0v) is 18.9. The molecule has 0 aromatic heterocycles. The SMILES string of the molecule is CC(O)C(NC(=O)C(N)CCC(N)=O)C(=O)NC(CCC(=O)O)C(=O)NC(CCC(=O)O)C(=O)O. The van der Waals surface area contributed by atoms with E-state index in [2.05, 4.69) is 10.6 Å². The molecule has 0 aliphatic rings. The van der Waals surface area contributed by atoms with Crippen LogP contribution in [0.15, 0.2) is 0 Å². The molecule has 0 saturated carbocycles. The van der Waals surface area contributed by atoms with Crippen molar-refractivity contribution in [1.29, 1.82) is 0 Å². The van der Waals surface area contributed by atoms with Gasteiger partial charge in [0.15, 0.2) is 0 Å². The fourth-order valence-electron chi connectivity index (χ4n) is 2.69. The number of nitrogens with two attached hydrogens (primary N) is 2. The highest BCUT2D eigenvalue weighted by atomic mass is 16.4. The average Bonchev–Trinajstić information content (AvgIpc) is 2.74. The second kappa shape index (κ2) is 15.2. The summed E-state index contributed by atoms with van der Waals surface area (Å²) in [7, 11) is 0. The lowest BCUT2D eigenvalue weighted by atomic mass is 10.1. The Kier molecular flexibility index (Phi) is 13.5. The highest BCUT2D eigenvalue weighted by molar-refractivity contribution is 5.94. The number of nitrogens with one attached hydrogen (secondary N) is 3. The van der Waals surface area contributed by atoms with E-state index in [0.717, 1.165) is 6.92 Å². The third kappa shape index (κ3) is 12.9. The van der Waals surface area contributed by atoms with Crippen molar-refractivity contribution in [3.8, 4) is 0 Å². The van der Waals surface area contributed by atoms with Crippen LogP contribution in [0.5, 0.6) is 0 Å². The smallest absolute Gasteiger partial charge is 0.326 e. The van der Waals surface area contributed by atoms with Crippen molar-refractivity contribution < 1.29 is 54.0 Å². The summed E-state index contributed by atoms with van der Waals surface area (Å²) in [4.78, 5) is 81.3. The molecule has 198 valence electrons. The maximum absolute atomic E-state index is 12.7. The zero-order valence-electron chi connectivity index (χ0n) is 18.9. The van der Waals surface area contributed by atoms with Crippen LogP contribution >= 0.6 is 0 Å². The molecule has 0 heterocycles. The van der Waals surface area contributed by atoms with Crippen LogP contribution in [0.1, 0.15) is 45.4 Å². The lowest BCUT2D eigenvalue weighted by Gasteiger charge is -2.26. The number of carbonyl (C=O) groups is 7. The fourth-order valence-corrected chi connectivity index (χ4v) is 2.69. The van der Waals surface area contributed by atoms with Crippen LogP contribution in [-0.4, -0.2) is 92.2 Å². The summed E-state index contributed by atoms with van der Waals surface area (Å²) >= 11 is 0. The van der Waals surface area contributed by atoms with Gasteiger partial charge in [0.2, 0.25) is 23.6 Å². The largest absolute Gasteiger partial charge is 0.481 e. The minimum atomic E-state index is -1.65. The Hall–Kier alpha value is -3.79. The van der Waals surface area contributed by atoms with Gasteiger partial charge in [-0.3, -0.25) is 28.8 Å². The molecule has 0 radical (unpaired) electrons. The van der Waals surface area contributed by atoms with Crippen LogP contribution in [0.2, 0.25) is 0 Å². The molecule has 4 amide bonds. The highest BCUT2D eigenvalue weighted by Crippen LogP contribution is 2.05. The molecule has 5 unspecified atom stereocenters. The van der Waals surface area contributed by atoms with Crippen molar-refractivity contribution in [2.75, 3.05) is 0 Å². The third-order valence-electron chi connectivity index (χ3n) is 4.64. The number of carboxylic acid groups (broad SMARTS) is 3. The third-order valence-corrected chi connectivity index (χ3v) is 4.64. The van der Waals surface area contributed by atoms with E-state index in [-0.39, 0.29) is 12.8 Å². The number of carbonyl (C=O) groups excluding carboxylic acids is 4. The van der Waals surface area contributed by atoms with E-state index >= 15 is 0 Å². The molecule has 0 aliphatic heterocycles. The van der Waals surface area contributed by atoms with Gasteiger partial charge in [-0.15, -0.1) is 0 Å². The number of aliphatic hydroxyl groups excluding tert-OH is 1. The Balaban J connectivity index is 5.49. The Bertz CT molecular complexity index is 817. The second-order valence-electron chi connectivity index (χ2n) is 7.66. The van der Waals surface area contributed by atoms with E-state index in [4.69, 9.17) is 21.7 Å². The van der Waals surface area contributed by atoms with Gasteiger partial charge in [0.05, 0.1) is 12.1 Å². The summed E-state index contributed by atoms with van der Waals surface area (Å²) in [6, 6.07) is -6.15. The van der Waals surface area contributed by atoms with Gasteiger partial charge in [-0.2, -0.15) is 0 Å². The first kappa shape index (κ1) is 31.2. The van der Waals surface area contributed by atoms with Gasteiger partial charge >= 0.3 is 17.9 Å². The molecule has 35 heavy (non-hydrogen) atoms. The molecule has 0 aromatic rings. The van der Waals surface area contributed by atoms with Crippen LogP contribution in [-0.2, 0) is 33.6 Å². The Morgan fingerprint density at radius 3 is 1.63 bits per heavy atom. The van der Waals surface area contributed by atoms with Crippen LogP contribution < -0.4 is 27.4 Å². The average molecular weight is 505 g/mol. The molecular formula is C19H31N5O11. The topological polar surface area (TPSA) is 289 Å². The predicted molar refractivity (Wildman–Crippen MR) is 115 cm³/mol. The van der Waals surface area contributed by atoms with Gasteiger partial charge in [0, 0.05) is 19.3 Å². The standard InChI is InChI=1S/C19H31N5O11/c1-8(25)15(24-16(31)9(20)2-5-12(21)26)18(33)22-10(3-6-13(27)28)17(32)23-11(19(34)35)4-7-14(29)30/h8-11,15,25H,2-7,20H2,1H3,(H2,21,26)(H,22,33)(H,23,32)(H,24,31)(H,27,28)(H,29,30)(H,34,35). The second-order valence-corrected chi connectivity index (χ2v) is 7.66. The molecule has 0 rings (SSSR count). The number of aliphatic carboxylic acids is 3. The van der Waals surface area contributed by atoms with E-state index in [1.54, 1.807) is 0 Å². The van der Waals surface area contributed by atoms with Gasteiger partial charge in [-0.25, -0.2) is 4.79 Å². The van der Waals surface area contributed by atoms with Crippen LogP contribution in [0.3, 0.4) is 0 Å².